The molecular weight excluding hydrogens is 324 g/mol. The number of aryl methyl sites for hydroxylation is 1. The van der Waals surface area contributed by atoms with Gasteiger partial charge in [0.15, 0.2) is 11.7 Å². The van der Waals surface area contributed by atoms with Crippen molar-refractivity contribution in [2.45, 2.75) is 38.1 Å². The first kappa shape index (κ1) is 16.8. The molecule has 0 radical (unpaired) electrons. The summed E-state index contributed by atoms with van der Waals surface area (Å²) in [5.41, 5.74) is 2.43. The summed E-state index contributed by atoms with van der Waals surface area (Å²) in [6.07, 6.45) is 3.21. The summed E-state index contributed by atoms with van der Waals surface area (Å²) in [5, 5.41) is 11.5. The molecule has 0 saturated heterocycles. The van der Waals surface area contributed by atoms with Crippen molar-refractivity contribution in [1.82, 2.24) is 15.8 Å². The highest BCUT2D eigenvalue weighted by Crippen LogP contribution is 2.48. The Hall–Kier alpha value is -2.01. The Labute approximate surface area is 147 Å². The van der Waals surface area contributed by atoms with Crippen LogP contribution in [0.4, 0.5) is 0 Å². The van der Waals surface area contributed by atoms with Gasteiger partial charge in [-0.2, -0.15) is 0 Å². The lowest BCUT2D eigenvalue weighted by molar-refractivity contribution is 0.374. The predicted molar refractivity (Wildman–Crippen MR) is 96.4 cm³/mol. The zero-order valence-corrected chi connectivity index (χ0v) is 14.9. The molecule has 0 aliphatic heterocycles. The minimum Gasteiger partial charge on any atom is -0.359 e. The Morgan fingerprint density at radius 3 is 2.79 bits per heavy atom. The second-order valence-corrected chi connectivity index (χ2v) is 6.64. The molecule has 128 valence electrons. The van der Waals surface area contributed by atoms with Crippen LogP contribution in [0.15, 0.2) is 39.8 Å². The van der Waals surface area contributed by atoms with Crippen LogP contribution < -0.4 is 10.6 Å². The number of aromatic nitrogens is 1. The fraction of sp³-hybridized carbons (Fsp3) is 0.444. The van der Waals surface area contributed by atoms with E-state index in [1.54, 1.807) is 7.05 Å². The average Bonchev–Trinajstić information content (AvgIpc) is 3.25. The van der Waals surface area contributed by atoms with E-state index in [2.05, 4.69) is 39.8 Å². The van der Waals surface area contributed by atoms with Crippen LogP contribution in [0.1, 0.15) is 36.8 Å². The van der Waals surface area contributed by atoms with Gasteiger partial charge < -0.3 is 15.2 Å². The Morgan fingerprint density at radius 1 is 1.33 bits per heavy atom. The maximum atomic E-state index is 6.13. The van der Waals surface area contributed by atoms with E-state index in [0.29, 0.717) is 6.54 Å². The molecule has 1 aromatic heterocycles. The average molecular weight is 347 g/mol. The maximum absolute atomic E-state index is 6.13. The zero-order valence-electron chi connectivity index (χ0n) is 14.1. The zero-order chi connectivity index (χ0) is 17.0. The molecule has 1 saturated carbocycles. The lowest BCUT2D eigenvalue weighted by Gasteiger charge is -2.19. The van der Waals surface area contributed by atoms with Gasteiger partial charge >= 0.3 is 0 Å². The monoisotopic (exact) mass is 346 g/mol. The van der Waals surface area contributed by atoms with Crippen LogP contribution in [0.25, 0.3) is 0 Å². The second kappa shape index (κ2) is 7.26. The molecule has 0 unspecified atom stereocenters. The van der Waals surface area contributed by atoms with Crippen LogP contribution in [0, 0.1) is 0 Å². The SMILES string of the molecule is CCc1cc(CNC(=NC)NCC2(c3cccc(Cl)c3)CC2)on1. The van der Waals surface area contributed by atoms with Crippen LogP contribution in [0.5, 0.6) is 0 Å². The first-order valence-corrected chi connectivity index (χ1v) is 8.68. The largest absolute Gasteiger partial charge is 0.359 e. The van der Waals surface area contributed by atoms with Crippen molar-refractivity contribution < 1.29 is 4.52 Å². The lowest BCUT2D eigenvalue weighted by atomic mass is 9.96. The molecule has 2 N–H and O–H groups in total. The van der Waals surface area contributed by atoms with Crippen molar-refractivity contribution in [3.63, 3.8) is 0 Å². The minimum atomic E-state index is 0.171. The molecule has 0 amide bonds. The number of guanidine groups is 1. The van der Waals surface area contributed by atoms with Crippen molar-refractivity contribution in [3.8, 4) is 0 Å². The number of benzene rings is 1. The number of halogens is 1. The first-order chi connectivity index (χ1) is 11.6. The second-order valence-electron chi connectivity index (χ2n) is 6.21. The molecule has 2 aromatic rings. The number of nitrogens with one attached hydrogen (secondary N) is 2. The van der Waals surface area contributed by atoms with E-state index < -0.39 is 0 Å². The fourth-order valence-electron chi connectivity index (χ4n) is 2.79. The summed E-state index contributed by atoms with van der Waals surface area (Å²) in [4.78, 5) is 4.28. The molecule has 1 aromatic carbocycles. The molecule has 1 aliphatic carbocycles. The third kappa shape index (κ3) is 3.90. The van der Waals surface area contributed by atoms with Crippen molar-refractivity contribution in [1.29, 1.82) is 0 Å². The van der Waals surface area contributed by atoms with E-state index in [-0.39, 0.29) is 5.41 Å². The highest BCUT2D eigenvalue weighted by molar-refractivity contribution is 6.30. The first-order valence-electron chi connectivity index (χ1n) is 8.30. The summed E-state index contributed by atoms with van der Waals surface area (Å²) in [6, 6.07) is 10.1. The summed E-state index contributed by atoms with van der Waals surface area (Å²) >= 11 is 6.13. The van der Waals surface area contributed by atoms with Crippen LogP contribution in [0.3, 0.4) is 0 Å². The standard InChI is InChI=1S/C18H23ClN4O/c1-3-15-10-16(24-23-15)11-21-17(20-2)22-12-18(7-8-18)13-5-4-6-14(19)9-13/h4-6,9-10H,3,7-8,11-12H2,1-2H3,(H2,20,21,22). The maximum Gasteiger partial charge on any atom is 0.191 e. The van der Waals surface area contributed by atoms with Gasteiger partial charge in [0, 0.05) is 30.1 Å². The summed E-state index contributed by atoms with van der Waals surface area (Å²) in [5.74, 6) is 1.57. The van der Waals surface area contributed by atoms with E-state index in [9.17, 15) is 0 Å². The molecule has 1 heterocycles. The molecule has 0 bridgehead atoms. The van der Waals surface area contributed by atoms with E-state index in [1.165, 1.54) is 18.4 Å². The quantitative estimate of drug-likeness (QED) is 0.622. The molecule has 0 spiro atoms. The smallest absolute Gasteiger partial charge is 0.191 e. The molecule has 24 heavy (non-hydrogen) atoms. The Morgan fingerprint density at radius 2 is 2.17 bits per heavy atom. The van der Waals surface area contributed by atoms with Crippen molar-refractivity contribution >= 4 is 17.6 Å². The number of hydrogen-bond donors (Lipinski definition) is 2. The van der Waals surface area contributed by atoms with Gasteiger partial charge in [0.2, 0.25) is 0 Å². The Kier molecular flexibility index (Phi) is 5.09. The van der Waals surface area contributed by atoms with Crippen LogP contribution in [-0.2, 0) is 18.4 Å². The fourth-order valence-corrected chi connectivity index (χ4v) is 2.98. The normalized spacial score (nSPS) is 16.0. The van der Waals surface area contributed by atoms with Gasteiger partial charge in [-0.05, 0) is 37.0 Å². The van der Waals surface area contributed by atoms with Crippen LogP contribution in [0.2, 0.25) is 5.02 Å². The van der Waals surface area contributed by atoms with Gasteiger partial charge in [0.1, 0.15) is 0 Å². The van der Waals surface area contributed by atoms with Crippen molar-refractivity contribution in [3.05, 3.63) is 52.4 Å². The van der Waals surface area contributed by atoms with Gasteiger partial charge in [0.25, 0.3) is 0 Å². The Bertz CT molecular complexity index is 721. The van der Waals surface area contributed by atoms with Crippen molar-refractivity contribution in [2.24, 2.45) is 4.99 Å². The predicted octanol–water partition coefficient (Wildman–Crippen LogP) is 3.29. The summed E-state index contributed by atoms with van der Waals surface area (Å²) in [7, 11) is 1.77. The summed E-state index contributed by atoms with van der Waals surface area (Å²) < 4.78 is 5.28. The molecule has 1 aliphatic rings. The number of nitrogens with zero attached hydrogens (tertiary/aromatic N) is 2. The van der Waals surface area contributed by atoms with Gasteiger partial charge in [-0.1, -0.05) is 35.8 Å². The van der Waals surface area contributed by atoms with E-state index >= 15 is 0 Å². The molecule has 3 rings (SSSR count). The van der Waals surface area contributed by atoms with E-state index in [4.69, 9.17) is 16.1 Å². The summed E-state index contributed by atoms with van der Waals surface area (Å²) in [6.45, 7) is 3.46. The highest BCUT2D eigenvalue weighted by atomic mass is 35.5. The minimum absolute atomic E-state index is 0.171. The third-order valence-corrected chi connectivity index (χ3v) is 4.74. The van der Waals surface area contributed by atoms with Crippen molar-refractivity contribution in [2.75, 3.05) is 13.6 Å². The molecule has 6 heteroatoms. The molecular formula is C18H23ClN4O. The third-order valence-electron chi connectivity index (χ3n) is 4.51. The Balaban J connectivity index is 1.54. The van der Waals surface area contributed by atoms with Gasteiger partial charge in [-0.25, -0.2) is 0 Å². The number of rotatable bonds is 6. The van der Waals surface area contributed by atoms with Gasteiger partial charge in [-0.15, -0.1) is 0 Å². The molecule has 1 fully saturated rings. The molecule has 0 atom stereocenters. The van der Waals surface area contributed by atoms with Crippen LogP contribution >= 0.6 is 11.6 Å². The van der Waals surface area contributed by atoms with Gasteiger partial charge in [0.05, 0.1) is 12.2 Å². The lowest BCUT2D eigenvalue weighted by Crippen LogP contribution is -2.40. The van der Waals surface area contributed by atoms with E-state index in [1.807, 2.05) is 18.2 Å². The number of aliphatic imine (C=N–C) groups is 1. The van der Waals surface area contributed by atoms with Gasteiger partial charge in [-0.3, -0.25) is 4.99 Å². The number of hydrogen-bond acceptors (Lipinski definition) is 3. The van der Waals surface area contributed by atoms with Crippen LogP contribution in [-0.4, -0.2) is 24.7 Å². The highest BCUT2D eigenvalue weighted by Gasteiger charge is 2.44. The van der Waals surface area contributed by atoms with E-state index in [0.717, 1.165) is 35.4 Å². The molecule has 5 nitrogen and oxygen atoms in total. The topological polar surface area (TPSA) is 62.5 Å².